The lowest BCUT2D eigenvalue weighted by Crippen LogP contribution is -2.42. The van der Waals surface area contributed by atoms with E-state index in [0.29, 0.717) is 44.0 Å². The van der Waals surface area contributed by atoms with Crippen LogP contribution in [-0.4, -0.2) is 45.9 Å². The Hall–Kier alpha value is -2.58. The van der Waals surface area contributed by atoms with Crippen LogP contribution in [-0.2, 0) is 21.4 Å². The van der Waals surface area contributed by atoms with Crippen molar-refractivity contribution in [1.82, 2.24) is 9.62 Å². The molecule has 2 aromatic rings. The van der Waals surface area contributed by atoms with Crippen molar-refractivity contribution in [2.24, 2.45) is 5.92 Å². The van der Waals surface area contributed by atoms with Crippen LogP contribution in [0.15, 0.2) is 53.4 Å². The maximum absolute atomic E-state index is 12.7. The number of hydrogen-bond donors (Lipinski definition) is 1. The molecule has 1 aliphatic rings. The van der Waals surface area contributed by atoms with Gasteiger partial charge >= 0.3 is 0 Å². The van der Waals surface area contributed by atoms with E-state index >= 15 is 0 Å². The van der Waals surface area contributed by atoms with Crippen LogP contribution < -0.4 is 14.8 Å². The molecule has 1 aliphatic heterocycles. The lowest BCUT2D eigenvalue weighted by Gasteiger charge is -2.30. The summed E-state index contributed by atoms with van der Waals surface area (Å²) < 4.78 is 37.3. The Balaban J connectivity index is 1.55. The summed E-state index contributed by atoms with van der Waals surface area (Å²) >= 11 is 0. The van der Waals surface area contributed by atoms with E-state index in [2.05, 4.69) is 5.32 Å². The Morgan fingerprint density at radius 3 is 2.17 bits per heavy atom. The van der Waals surface area contributed by atoms with Crippen LogP contribution in [0.1, 0.15) is 18.4 Å². The van der Waals surface area contributed by atoms with Crippen molar-refractivity contribution in [2.75, 3.05) is 27.3 Å². The van der Waals surface area contributed by atoms with Crippen LogP contribution in [0.25, 0.3) is 0 Å². The van der Waals surface area contributed by atoms with Gasteiger partial charge in [-0.25, -0.2) is 8.42 Å². The first kappa shape index (κ1) is 21.1. The van der Waals surface area contributed by atoms with Gasteiger partial charge in [0.15, 0.2) is 0 Å². The number of sulfonamides is 1. The molecule has 0 spiro atoms. The number of ether oxygens (including phenoxy) is 2. The Morgan fingerprint density at radius 2 is 1.62 bits per heavy atom. The van der Waals surface area contributed by atoms with E-state index in [1.807, 2.05) is 12.1 Å². The van der Waals surface area contributed by atoms with Crippen LogP contribution in [0.3, 0.4) is 0 Å². The van der Waals surface area contributed by atoms with Gasteiger partial charge in [0, 0.05) is 31.6 Å². The minimum Gasteiger partial charge on any atom is -0.497 e. The van der Waals surface area contributed by atoms with E-state index < -0.39 is 10.0 Å². The number of carbonyl (C=O) groups is 1. The molecule has 1 fully saturated rings. The number of carbonyl (C=O) groups excluding carboxylic acids is 1. The molecular formula is C21H26N2O5S. The first-order valence-electron chi connectivity index (χ1n) is 9.49. The van der Waals surface area contributed by atoms with Crippen LogP contribution in [0.2, 0.25) is 0 Å². The summed E-state index contributed by atoms with van der Waals surface area (Å²) in [5, 5.41) is 2.94. The largest absolute Gasteiger partial charge is 0.497 e. The van der Waals surface area contributed by atoms with E-state index in [1.54, 1.807) is 50.6 Å². The SMILES string of the molecule is COc1cc(CNC(=O)C2CCN(S(=O)(=O)c3ccccc3)CC2)cc(OC)c1. The third-order valence-electron chi connectivity index (χ3n) is 5.08. The van der Waals surface area contributed by atoms with E-state index in [-0.39, 0.29) is 16.7 Å². The van der Waals surface area contributed by atoms with Gasteiger partial charge in [0.05, 0.1) is 19.1 Å². The number of piperidine rings is 1. The molecule has 0 bridgehead atoms. The van der Waals surface area contributed by atoms with Gasteiger partial charge in [0.1, 0.15) is 11.5 Å². The molecule has 2 aromatic carbocycles. The zero-order valence-electron chi connectivity index (χ0n) is 16.6. The predicted octanol–water partition coefficient (Wildman–Crippen LogP) is 2.42. The fourth-order valence-corrected chi connectivity index (χ4v) is 4.89. The molecule has 0 aromatic heterocycles. The van der Waals surface area contributed by atoms with Gasteiger partial charge in [-0.05, 0) is 42.7 Å². The first-order chi connectivity index (χ1) is 13.9. The monoisotopic (exact) mass is 418 g/mol. The number of amides is 1. The van der Waals surface area contributed by atoms with Gasteiger partial charge in [0.25, 0.3) is 0 Å². The second kappa shape index (κ2) is 9.28. The van der Waals surface area contributed by atoms with Crippen LogP contribution >= 0.6 is 0 Å². The third kappa shape index (κ3) is 5.07. The zero-order valence-corrected chi connectivity index (χ0v) is 17.4. The van der Waals surface area contributed by atoms with Crippen molar-refractivity contribution in [2.45, 2.75) is 24.3 Å². The van der Waals surface area contributed by atoms with E-state index in [1.165, 1.54) is 4.31 Å². The quantitative estimate of drug-likeness (QED) is 0.747. The summed E-state index contributed by atoms with van der Waals surface area (Å²) in [5.74, 6) is 1.05. The molecule has 1 N–H and O–H groups in total. The summed E-state index contributed by atoms with van der Waals surface area (Å²) in [7, 11) is -0.352. The fraction of sp³-hybridized carbons (Fsp3) is 0.381. The average molecular weight is 419 g/mol. The molecule has 0 radical (unpaired) electrons. The van der Waals surface area contributed by atoms with Gasteiger partial charge in [-0.1, -0.05) is 18.2 Å². The molecule has 8 heteroatoms. The minimum atomic E-state index is -3.51. The molecular weight excluding hydrogens is 392 g/mol. The maximum Gasteiger partial charge on any atom is 0.243 e. The Kier molecular flexibility index (Phi) is 6.76. The third-order valence-corrected chi connectivity index (χ3v) is 7.00. The standard InChI is InChI=1S/C21H26N2O5S/c1-27-18-12-16(13-19(14-18)28-2)15-22-21(24)17-8-10-23(11-9-17)29(25,26)20-6-4-3-5-7-20/h3-7,12-14,17H,8-11,15H2,1-2H3,(H,22,24). The van der Waals surface area contributed by atoms with Crippen molar-refractivity contribution in [1.29, 1.82) is 0 Å². The van der Waals surface area contributed by atoms with Gasteiger partial charge < -0.3 is 14.8 Å². The molecule has 1 amide bonds. The molecule has 29 heavy (non-hydrogen) atoms. The Bertz CT molecular complexity index is 917. The first-order valence-corrected chi connectivity index (χ1v) is 10.9. The molecule has 1 heterocycles. The van der Waals surface area contributed by atoms with Gasteiger partial charge in [-0.15, -0.1) is 0 Å². The highest BCUT2D eigenvalue weighted by Crippen LogP contribution is 2.25. The summed E-state index contributed by atoms with van der Waals surface area (Å²) in [6.07, 6.45) is 0.999. The molecule has 0 aliphatic carbocycles. The predicted molar refractivity (Wildman–Crippen MR) is 109 cm³/mol. The summed E-state index contributed by atoms with van der Waals surface area (Å²) in [4.78, 5) is 12.9. The summed E-state index contributed by atoms with van der Waals surface area (Å²) in [6, 6.07) is 13.9. The highest BCUT2D eigenvalue weighted by molar-refractivity contribution is 7.89. The van der Waals surface area contributed by atoms with E-state index in [9.17, 15) is 13.2 Å². The fourth-order valence-electron chi connectivity index (χ4n) is 3.40. The van der Waals surface area contributed by atoms with Gasteiger partial charge in [-0.3, -0.25) is 4.79 Å². The Labute approximate surface area is 171 Å². The molecule has 0 saturated carbocycles. The molecule has 156 valence electrons. The molecule has 0 unspecified atom stereocenters. The highest BCUT2D eigenvalue weighted by atomic mass is 32.2. The lowest BCUT2D eigenvalue weighted by atomic mass is 9.97. The maximum atomic E-state index is 12.7. The topological polar surface area (TPSA) is 84.9 Å². The lowest BCUT2D eigenvalue weighted by molar-refractivity contribution is -0.126. The summed E-state index contributed by atoms with van der Waals surface area (Å²) in [6.45, 7) is 1.03. The zero-order chi connectivity index (χ0) is 20.9. The molecule has 0 atom stereocenters. The average Bonchev–Trinajstić information content (AvgIpc) is 2.77. The smallest absolute Gasteiger partial charge is 0.243 e. The van der Waals surface area contributed by atoms with Crippen molar-refractivity contribution in [3.05, 3.63) is 54.1 Å². The number of hydrogen-bond acceptors (Lipinski definition) is 5. The second-order valence-corrected chi connectivity index (χ2v) is 8.87. The van der Waals surface area contributed by atoms with Gasteiger partial charge in [0.2, 0.25) is 15.9 Å². The number of nitrogens with one attached hydrogen (secondary N) is 1. The number of rotatable bonds is 7. The number of nitrogens with zero attached hydrogens (tertiary/aromatic N) is 1. The molecule has 7 nitrogen and oxygen atoms in total. The van der Waals surface area contributed by atoms with Gasteiger partial charge in [-0.2, -0.15) is 4.31 Å². The molecule has 3 rings (SSSR count). The van der Waals surface area contributed by atoms with Crippen molar-refractivity contribution >= 4 is 15.9 Å². The van der Waals surface area contributed by atoms with Crippen molar-refractivity contribution in [3.8, 4) is 11.5 Å². The van der Waals surface area contributed by atoms with E-state index in [0.717, 1.165) is 5.56 Å². The Morgan fingerprint density at radius 1 is 1.03 bits per heavy atom. The minimum absolute atomic E-state index is 0.0662. The van der Waals surface area contributed by atoms with Crippen LogP contribution in [0.5, 0.6) is 11.5 Å². The molecule has 1 saturated heterocycles. The van der Waals surface area contributed by atoms with E-state index in [4.69, 9.17) is 9.47 Å². The normalized spacial score (nSPS) is 15.7. The van der Waals surface area contributed by atoms with Crippen LogP contribution in [0.4, 0.5) is 0 Å². The van der Waals surface area contributed by atoms with Crippen molar-refractivity contribution in [3.63, 3.8) is 0 Å². The number of benzene rings is 2. The number of methoxy groups -OCH3 is 2. The highest BCUT2D eigenvalue weighted by Gasteiger charge is 2.31. The van der Waals surface area contributed by atoms with Crippen LogP contribution in [0, 0.1) is 5.92 Å². The second-order valence-electron chi connectivity index (χ2n) is 6.93. The summed E-state index contributed by atoms with van der Waals surface area (Å²) in [5.41, 5.74) is 0.874. The van der Waals surface area contributed by atoms with Crippen molar-refractivity contribution < 1.29 is 22.7 Å².